The average Bonchev–Trinajstić information content (AvgIpc) is 2.67. The van der Waals surface area contributed by atoms with Crippen molar-refractivity contribution >= 4 is 17.5 Å². The van der Waals surface area contributed by atoms with Crippen LogP contribution in [0.2, 0.25) is 0 Å². The number of allylic oxidation sites excluding steroid dienone is 2. The minimum atomic E-state index is -0.424. The summed E-state index contributed by atoms with van der Waals surface area (Å²) in [5.74, 6) is -0.322. The lowest BCUT2D eigenvalue weighted by atomic mass is 9.56. The molecule has 3 fully saturated rings. The smallest absolute Gasteiger partial charge is 0.335 e. The summed E-state index contributed by atoms with van der Waals surface area (Å²) in [5.41, 5.74) is 0.525. The second-order valence-corrected chi connectivity index (χ2v) is 10.6. The van der Waals surface area contributed by atoms with Crippen LogP contribution < -0.4 is 0 Å². The summed E-state index contributed by atoms with van der Waals surface area (Å²) in [7, 11) is 0. The van der Waals surface area contributed by atoms with E-state index >= 15 is 0 Å². The standard InChI is InChI=1S/C25H36O5/c1-15(2)11-22(27)29-10-8-21-17(12-16(3)26)23(28)19-14-30-24(4,5)20-7-9-25(21,6)13-18(19)20/h8,10-11,17-21H,7,9,12-14H2,1-6H3/b10-8+/t17-,18+,19+,20+,21-,25-/m0/s1. The second kappa shape index (κ2) is 8.41. The monoisotopic (exact) mass is 416 g/mol. The number of hydrogen-bond acceptors (Lipinski definition) is 5. The Labute approximate surface area is 180 Å². The lowest BCUT2D eigenvalue weighted by Gasteiger charge is -2.53. The van der Waals surface area contributed by atoms with Crippen LogP contribution in [0.3, 0.4) is 0 Å². The van der Waals surface area contributed by atoms with Gasteiger partial charge in [-0.15, -0.1) is 0 Å². The van der Waals surface area contributed by atoms with Gasteiger partial charge in [-0.3, -0.25) is 4.79 Å². The zero-order chi connectivity index (χ0) is 22.3. The van der Waals surface area contributed by atoms with Crippen molar-refractivity contribution in [1.82, 2.24) is 0 Å². The first-order valence-corrected chi connectivity index (χ1v) is 11.1. The van der Waals surface area contributed by atoms with Gasteiger partial charge in [-0.1, -0.05) is 12.5 Å². The molecule has 0 radical (unpaired) electrons. The quantitative estimate of drug-likeness (QED) is 0.371. The van der Waals surface area contributed by atoms with Crippen LogP contribution in [-0.4, -0.2) is 29.7 Å². The summed E-state index contributed by atoms with van der Waals surface area (Å²) in [6, 6.07) is 0. The van der Waals surface area contributed by atoms with Crippen molar-refractivity contribution in [1.29, 1.82) is 0 Å². The lowest BCUT2D eigenvalue weighted by molar-refractivity contribution is -0.173. The first kappa shape index (κ1) is 22.9. The molecule has 0 spiro atoms. The number of ketones is 2. The number of ether oxygens (including phenoxy) is 2. The third-order valence-corrected chi connectivity index (χ3v) is 7.64. The van der Waals surface area contributed by atoms with Gasteiger partial charge in [0.25, 0.3) is 0 Å². The van der Waals surface area contributed by atoms with Gasteiger partial charge >= 0.3 is 5.97 Å². The molecule has 2 aliphatic carbocycles. The Bertz CT molecular complexity index is 772. The average molecular weight is 417 g/mol. The fraction of sp³-hybridized carbons (Fsp3) is 0.720. The summed E-state index contributed by atoms with van der Waals surface area (Å²) in [6.45, 7) is 12.2. The van der Waals surface area contributed by atoms with Crippen molar-refractivity contribution in [3.63, 3.8) is 0 Å². The minimum Gasteiger partial charge on any atom is -0.432 e. The van der Waals surface area contributed by atoms with Crippen molar-refractivity contribution in [3.8, 4) is 0 Å². The Morgan fingerprint density at radius 3 is 2.53 bits per heavy atom. The van der Waals surface area contributed by atoms with Gasteiger partial charge in [0.1, 0.15) is 11.6 Å². The van der Waals surface area contributed by atoms with E-state index in [1.54, 1.807) is 6.92 Å². The van der Waals surface area contributed by atoms with E-state index in [0.717, 1.165) is 24.8 Å². The van der Waals surface area contributed by atoms with Crippen LogP contribution in [0.5, 0.6) is 0 Å². The van der Waals surface area contributed by atoms with E-state index in [0.29, 0.717) is 12.5 Å². The molecule has 1 heterocycles. The molecule has 0 unspecified atom stereocenters. The normalized spacial score (nSPS) is 37.4. The number of Topliss-reactive ketones (excluding diaryl/α,β-unsaturated/α-hetero) is 2. The third kappa shape index (κ3) is 4.46. The van der Waals surface area contributed by atoms with Crippen molar-refractivity contribution in [2.45, 2.75) is 72.8 Å². The highest BCUT2D eigenvalue weighted by atomic mass is 16.5. The van der Waals surface area contributed by atoms with E-state index in [-0.39, 0.29) is 46.8 Å². The fourth-order valence-electron chi connectivity index (χ4n) is 6.20. The molecule has 30 heavy (non-hydrogen) atoms. The summed E-state index contributed by atoms with van der Waals surface area (Å²) in [5, 5.41) is 0. The van der Waals surface area contributed by atoms with Gasteiger partial charge in [0, 0.05) is 24.3 Å². The highest BCUT2D eigenvalue weighted by Crippen LogP contribution is 2.59. The Balaban J connectivity index is 1.95. The maximum atomic E-state index is 13.7. The Morgan fingerprint density at radius 1 is 1.20 bits per heavy atom. The molecule has 166 valence electrons. The van der Waals surface area contributed by atoms with Gasteiger partial charge < -0.3 is 14.3 Å². The maximum absolute atomic E-state index is 13.7. The summed E-state index contributed by atoms with van der Waals surface area (Å²) in [6.07, 6.45) is 7.87. The number of carbonyl (C=O) groups is 3. The zero-order valence-corrected chi connectivity index (χ0v) is 19.2. The molecule has 0 aromatic heterocycles. The summed E-state index contributed by atoms with van der Waals surface area (Å²) >= 11 is 0. The van der Waals surface area contributed by atoms with Gasteiger partial charge in [0.15, 0.2) is 0 Å². The molecular weight excluding hydrogens is 380 g/mol. The second-order valence-electron chi connectivity index (χ2n) is 10.6. The molecule has 2 saturated carbocycles. The SMILES string of the molecule is CC(=O)C[C@@H]1C(=O)[C@@H]2COC(C)(C)[C@@H]3CC[C@@](C)(C[C@@H]32)[C@H]1/C=C/OC(=O)C=C(C)C. The van der Waals surface area contributed by atoms with Crippen LogP contribution >= 0.6 is 0 Å². The van der Waals surface area contributed by atoms with E-state index in [9.17, 15) is 14.4 Å². The molecule has 1 aliphatic heterocycles. The minimum absolute atomic E-state index is 0.0157. The third-order valence-electron chi connectivity index (χ3n) is 7.64. The zero-order valence-electron chi connectivity index (χ0n) is 19.2. The molecule has 2 bridgehead atoms. The van der Waals surface area contributed by atoms with Crippen LogP contribution in [-0.2, 0) is 23.9 Å². The van der Waals surface area contributed by atoms with E-state index in [1.165, 1.54) is 12.3 Å². The van der Waals surface area contributed by atoms with Crippen molar-refractivity contribution in [2.24, 2.45) is 35.0 Å². The van der Waals surface area contributed by atoms with Crippen molar-refractivity contribution in [3.05, 3.63) is 24.0 Å². The first-order chi connectivity index (χ1) is 13.9. The molecule has 3 rings (SSSR count). The van der Waals surface area contributed by atoms with Crippen molar-refractivity contribution < 1.29 is 23.9 Å². The van der Waals surface area contributed by atoms with Crippen LogP contribution in [0.1, 0.15) is 67.2 Å². The fourth-order valence-corrected chi connectivity index (χ4v) is 6.20. The molecule has 0 aromatic carbocycles. The van der Waals surface area contributed by atoms with Gasteiger partial charge in [-0.2, -0.15) is 0 Å². The van der Waals surface area contributed by atoms with Gasteiger partial charge in [-0.25, -0.2) is 4.79 Å². The lowest BCUT2D eigenvalue weighted by Crippen LogP contribution is -2.53. The number of esters is 1. The summed E-state index contributed by atoms with van der Waals surface area (Å²) in [4.78, 5) is 37.7. The topological polar surface area (TPSA) is 69.7 Å². The molecule has 5 heteroatoms. The van der Waals surface area contributed by atoms with Gasteiger partial charge in [-0.05, 0) is 83.1 Å². The van der Waals surface area contributed by atoms with Gasteiger partial charge in [0.2, 0.25) is 0 Å². The van der Waals surface area contributed by atoms with Crippen LogP contribution in [0.25, 0.3) is 0 Å². The maximum Gasteiger partial charge on any atom is 0.335 e. The molecular formula is C25H36O5. The molecule has 0 aromatic rings. The largest absolute Gasteiger partial charge is 0.432 e. The number of carbonyl (C=O) groups excluding carboxylic acids is 3. The van der Waals surface area contributed by atoms with Crippen molar-refractivity contribution in [2.75, 3.05) is 6.61 Å². The van der Waals surface area contributed by atoms with E-state index in [1.807, 2.05) is 19.9 Å². The highest BCUT2D eigenvalue weighted by molar-refractivity contribution is 5.90. The molecule has 0 N–H and O–H groups in total. The van der Waals surface area contributed by atoms with Crippen LogP contribution in [0.15, 0.2) is 24.0 Å². The Morgan fingerprint density at radius 2 is 1.90 bits per heavy atom. The predicted octanol–water partition coefficient (Wildman–Crippen LogP) is 4.65. The molecule has 0 amide bonds. The first-order valence-electron chi connectivity index (χ1n) is 11.1. The van der Waals surface area contributed by atoms with Gasteiger partial charge in [0.05, 0.1) is 18.5 Å². The van der Waals surface area contributed by atoms with E-state index in [4.69, 9.17) is 9.47 Å². The molecule has 1 saturated heterocycles. The number of rotatable bonds is 5. The van der Waals surface area contributed by atoms with Crippen LogP contribution in [0, 0.1) is 35.0 Å². The van der Waals surface area contributed by atoms with E-state index < -0.39 is 11.9 Å². The number of fused-ring (bicyclic) bond motifs is 1. The number of hydrogen-bond donors (Lipinski definition) is 0. The predicted molar refractivity (Wildman–Crippen MR) is 114 cm³/mol. The van der Waals surface area contributed by atoms with Crippen LogP contribution in [0.4, 0.5) is 0 Å². The summed E-state index contributed by atoms with van der Waals surface area (Å²) < 4.78 is 11.4. The molecule has 3 aliphatic rings. The highest BCUT2D eigenvalue weighted by Gasteiger charge is 2.58. The Hall–Kier alpha value is -1.75. The molecule has 5 nitrogen and oxygen atoms in total. The van der Waals surface area contributed by atoms with E-state index in [2.05, 4.69) is 20.8 Å². The Kier molecular flexibility index (Phi) is 6.43. The molecule has 6 atom stereocenters.